The number of rotatable bonds is 6. The smallest absolute Gasteiger partial charge is 0.355 e. The third-order valence-electron chi connectivity index (χ3n) is 5.15. The molecule has 3 aromatic rings. The minimum absolute atomic E-state index is 0.0528. The zero-order valence-electron chi connectivity index (χ0n) is 17.5. The Bertz CT molecular complexity index is 1340. The summed E-state index contributed by atoms with van der Waals surface area (Å²) in [5.41, 5.74) is 1.23. The monoisotopic (exact) mass is 492 g/mol. The number of hydrogen-bond donors (Lipinski definition) is 2. The fourth-order valence-electron chi connectivity index (χ4n) is 3.58. The number of aromatic nitrogens is 2. The third kappa shape index (κ3) is 5.28. The predicted octanol–water partition coefficient (Wildman–Crippen LogP) is 2.95. The van der Waals surface area contributed by atoms with Gasteiger partial charge in [-0.1, -0.05) is 30.3 Å². The quantitative estimate of drug-likeness (QED) is 0.550. The van der Waals surface area contributed by atoms with E-state index < -0.39 is 38.5 Å². The number of amides is 2. The van der Waals surface area contributed by atoms with Gasteiger partial charge in [-0.15, -0.1) is 5.10 Å². The maximum Gasteiger partial charge on any atom is 0.403 e. The van der Waals surface area contributed by atoms with Crippen molar-refractivity contribution in [2.45, 2.75) is 17.5 Å². The Kier molecular flexibility index (Phi) is 6.17. The van der Waals surface area contributed by atoms with Gasteiger partial charge >= 0.3 is 6.18 Å². The topological polar surface area (TPSA) is 110 Å². The number of carbonyl (C=O) groups excluding carboxylic acids is 2. The lowest BCUT2D eigenvalue weighted by atomic mass is 10.1. The first-order chi connectivity index (χ1) is 16.0. The minimum atomic E-state index is -4.88. The lowest BCUT2D eigenvalue weighted by Gasteiger charge is -2.11. The molecule has 0 aliphatic carbocycles. The molecule has 0 spiro atoms. The Morgan fingerprint density at radius 1 is 1.12 bits per heavy atom. The molecule has 0 radical (unpaired) electrons. The molecule has 2 heterocycles. The van der Waals surface area contributed by atoms with Crippen molar-refractivity contribution >= 4 is 27.5 Å². The fourth-order valence-corrected chi connectivity index (χ4v) is 4.77. The van der Waals surface area contributed by atoms with Gasteiger partial charge in [0.2, 0.25) is 11.8 Å². The number of halogens is 3. The van der Waals surface area contributed by atoms with E-state index in [0.717, 1.165) is 12.1 Å². The van der Waals surface area contributed by atoms with Crippen molar-refractivity contribution in [2.24, 2.45) is 5.92 Å². The van der Waals surface area contributed by atoms with Crippen LogP contribution in [0.4, 0.5) is 19.0 Å². The summed E-state index contributed by atoms with van der Waals surface area (Å²) in [6.45, 7) is 0.204. The lowest BCUT2D eigenvalue weighted by Crippen LogP contribution is -2.24. The third-order valence-corrected chi connectivity index (χ3v) is 6.83. The van der Waals surface area contributed by atoms with E-state index in [9.17, 15) is 31.2 Å². The van der Waals surface area contributed by atoms with Crippen molar-refractivity contribution in [1.29, 1.82) is 0 Å². The molecule has 0 saturated carbocycles. The number of alkyl halides is 3. The summed E-state index contributed by atoms with van der Waals surface area (Å²) in [4.78, 5) is 23.5. The summed E-state index contributed by atoms with van der Waals surface area (Å²) in [6, 6.07) is 15.3. The van der Waals surface area contributed by atoms with Crippen molar-refractivity contribution in [3.63, 3.8) is 0 Å². The second-order valence-corrected chi connectivity index (χ2v) is 9.75. The number of nitrogens with one attached hydrogen (secondary N) is 2. The summed E-state index contributed by atoms with van der Waals surface area (Å²) in [6.07, 6.45) is -4.83. The second kappa shape index (κ2) is 8.93. The zero-order chi connectivity index (χ0) is 24.5. The molecule has 4 rings (SSSR count). The van der Waals surface area contributed by atoms with Crippen molar-refractivity contribution in [3.8, 4) is 16.9 Å². The van der Waals surface area contributed by atoms with Gasteiger partial charge in [0.25, 0.3) is 0 Å². The maximum absolute atomic E-state index is 12.8. The predicted molar refractivity (Wildman–Crippen MR) is 117 cm³/mol. The molecule has 12 heteroatoms. The molecule has 8 nitrogen and oxygen atoms in total. The molecule has 2 aromatic carbocycles. The first-order valence-electron chi connectivity index (χ1n) is 10.1. The first kappa shape index (κ1) is 23.5. The zero-order valence-corrected chi connectivity index (χ0v) is 18.4. The van der Waals surface area contributed by atoms with E-state index in [4.69, 9.17) is 0 Å². The number of anilines is 1. The van der Waals surface area contributed by atoms with Gasteiger partial charge in [0.1, 0.15) is 0 Å². The van der Waals surface area contributed by atoms with E-state index in [0.29, 0.717) is 11.4 Å². The number of para-hydroxylation sites is 1. The van der Waals surface area contributed by atoms with Crippen LogP contribution in [0.3, 0.4) is 0 Å². The molecule has 0 bridgehead atoms. The highest BCUT2D eigenvalue weighted by Gasteiger charge is 2.36. The summed E-state index contributed by atoms with van der Waals surface area (Å²) >= 11 is 0. The Morgan fingerprint density at radius 3 is 2.50 bits per heavy atom. The Balaban J connectivity index is 1.72. The van der Waals surface area contributed by atoms with Crippen LogP contribution in [0, 0.1) is 5.92 Å². The Morgan fingerprint density at radius 2 is 1.85 bits per heavy atom. The molecular formula is C22H19F3N4O4S. The Hall–Kier alpha value is -3.67. The molecule has 1 aromatic heterocycles. The average Bonchev–Trinajstić information content (AvgIpc) is 3.39. The van der Waals surface area contributed by atoms with Crippen LogP contribution in [0.25, 0.3) is 16.9 Å². The molecule has 2 amide bonds. The van der Waals surface area contributed by atoms with Crippen LogP contribution in [-0.2, 0) is 19.4 Å². The SMILES string of the molecule is O=C1C[C@H](C(=O)Nc2cc(-c3cccc(S(=O)(=O)CC(F)(F)F)c3)n(-c3ccccc3)n2)CN1. The highest BCUT2D eigenvalue weighted by atomic mass is 32.2. The van der Waals surface area contributed by atoms with Gasteiger partial charge in [-0.05, 0) is 24.3 Å². The molecule has 1 aliphatic rings. The Labute approximate surface area is 192 Å². The minimum Gasteiger partial charge on any atom is -0.355 e. The first-order valence-corrected chi connectivity index (χ1v) is 11.8. The highest BCUT2D eigenvalue weighted by molar-refractivity contribution is 7.91. The summed E-state index contributed by atoms with van der Waals surface area (Å²) in [7, 11) is -4.62. The van der Waals surface area contributed by atoms with E-state index in [2.05, 4.69) is 15.7 Å². The number of nitrogens with zero attached hydrogens (tertiary/aromatic N) is 2. The van der Waals surface area contributed by atoms with Crippen molar-refractivity contribution < 1.29 is 31.2 Å². The molecule has 178 valence electrons. The van der Waals surface area contributed by atoms with Crippen LogP contribution in [-0.4, -0.2) is 48.5 Å². The highest BCUT2D eigenvalue weighted by Crippen LogP contribution is 2.30. The molecule has 1 aliphatic heterocycles. The van der Waals surface area contributed by atoms with Gasteiger partial charge < -0.3 is 10.6 Å². The molecule has 0 unspecified atom stereocenters. The van der Waals surface area contributed by atoms with Gasteiger partial charge in [-0.25, -0.2) is 13.1 Å². The van der Waals surface area contributed by atoms with Crippen LogP contribution >= 0.6 is 0 Å². The van der Waals surface area contributed by atoms with Crippen LogP contribution in [0.1, 0.15) is 6.42 Å². The molecule has 2 N–H and O–H groups in total. The fraction of sp³-hybridized carbons (Fsp3) is 0.227. The van der Waals surface area contributed by atoms with Crippen LogP contribution in [0.15, 0.2) is 65.6 Å². The standard InChI is InChI=1S/C22H19F3N4O4S/c23-22(24,25)13-34(32,33)17-8-4-5-14(9-17)18-11-19(27-21(31)15-10-20(30)26-12-15)28-29(18)16-6-2-1-3-7-16/h1-9,11,15H,10,12-13H2,(H,26,30)(H,27,28,31)/t15-/m0/s1. The van der Waals surface area contributed by atoms with Gasteiger partial charge in [-0.2, -0.15) is 13.2 Å². The molecule has 1 atom stereocenters. The van der Waals surface area contributed by atoms with E-state index in [1.165, 1.54) is 22.9 Å². The van der Waals surface area contributed by atoms with Gasteiger partial charge in [0.05, 0.1) is 22.2 Å². The van der Waals surface area contributed by atoms with Gasteiger partial charge in [0.15, 0.2) is 21.4 Å². The maximum atomic E-state index is 12.8. The average molecular weight is 492 g/mol. The van der Waals surface area contributed by atoms with E-state index in [1.807, 2.05) is 0 Å². The summed E-state index contributed by atoms with van der Waals surface area (Å²) in [5.74, 6) is -3.03. The van der Waals surface area contributed by atoms with E-state index in [-0.39, 0.29) is 30.3 Å². The van der Waals surface area contributed by atoms with Crippen molar-refractivity contribution in [1.82, 2.24) is 15.1 Å². The molecular weight excluding hydrogens is 473 g/mol. The van der Waals surface area contributed by atoms with E-state index >= 15 is 0 Å². The largest absolute Gasteiger partial charge is 0.403 e. The summed E-state index contributed by atoms with van der Waals surface area (Å²) < 4.78 is 64.3. The van der Waals surface area contributed by atoms with Crippen LogP contribution in [0.5, 0.6) is 0 Å². The van der Waals surface area contributed by atoms with Crippen LogP contribution < -0.4 is 10.6 Å². The van der Waals surface area contributed by atoms with E-state index in [1.54, 1.807) is 30.3 Å². The lowest BCUT2D eigenvalue weighted by molar-refractivity contribution is -0.123. The second-order valence-electron chi connectivity index (χ2n) is 7.76. The molecule has 34 heavy (non-hydrogen) atoms. The number of hydrogen-bond acceptors (Lipinski definition) is 5. The molecule has 1 fully saturated rings. The van der Waals surface area contributed by atoms with Crippen molar-refractivity contribution in [2.75, 3.05) is 17.6 Å². The molecule has 1 saturated heterocycles. The van der Waals surface area contributed by atoms with Gasteiger partial charge in [0, 0.05) is 24.6 Å². The number of sulfone groups is 1. The van der Waals surface area contributed by atoms with Gasteiger partial charge in [-0.3, -0.25) is 9.59 Å². The summed E-state index contributed by atoms with van der Waals surface area (Å²) in [5, 5.41) is 9.62. The number of benzene rings is 2. The van der Waals surface area contributed by atoms with Crippen LogP contribution in [0.2, 0.25) is 0 Å². The normalized spacial score (nSPS) is 16.3. The van der Waals surface area contributed by atoms with Crippen molar-refractivity contribution in [3.05, 3.63) is 60.7 Å². The number of carbonyl (C=O) groups is 2.